The van der Waals surface area contributed by atoms with Crippen molar-refractivity contribution in [3.63, 3.8) is 0 Å². The van der Waals surface area contributed by atoms with Gasteiger partial charge in [-0.05, 0) is 25.8 Å². The van der Waals surface area contributed by atoms with Gasteiger partial charge in [0.1, 0.15) is 6.61 Å². The Labute approximate surface area is 174 Å². The van der Waals surface area contributed by atoms with Crippen molar-refractivity contribution in [2.24, 2.45) is 0 Å². The van der Waals surface area contributed by atoms with Gasteiger partial charge in [0.15, 0.2) is 0 Å². The first kappa shape index (κ1) is 26.6. The van der Waals surface area contributed by atoms with E-state index in [0.717, 1.165) is 31.6 Å². The Bertz CT molecular complexity index is 429. The number of carbonyl (C=O) groups excluding carboxylic acids is 1. The quantitative estimate of drug-likeness (QED) is 0.216. The average Bonchev–Trinajstić information content (AvgIpc) is 2.72. The zero-order valence-corrected chi connectivity index (χ0v) is 18.7. The molecule has 0 heterocycles. The predicted molar refractivity (Wildman–Crippen MR) is 119 cm³/mol. The number of unbranched alkanes of at least 4 members (excludes halogenated alkanes) is 10. The monoisotopic (exact) mass is 392 g/mol. The van der Waals surface area contributed by atoms with E-state index < -0.39 is 0 Å². The summed E-state index contributed by atoms with van der Waals surface area (Å²) in [4.78, 5) is 11.7. The molecule has 0 aliphatic carbocycles. The third-order valence-electron chi connectivity index (χ3n) is 4.64. The molecule has 162 valence electrons. The standard InChI is InChI=1S/C21H34O2.C4H10O/c1-2-3-4-5-6-7-8-9-10-11-15-18-21(22)23-19-20-16-13-12-14-17-20;1-3-5-4-2/h12-14,16-17H,2-11,15,18-19H2,1H3;3-4H2,1-2H3. The largest absolute Gasteiger partial charge is 0.461 e. The van der Waals surface area contributed by atoms with E-state index in [-0.39, 0.29) is 5.97 Å². The van der Waals surface area contributed by atoms with Gasteiger partial charge >= 0.3 is 5.97 Å². The molecule has 3 nitrogen and oxygen atoms in total. The van der Waals surface area contributed by atoms with Crippen molar-refractivity contribution in [2.75, 3.05) is 13.2 Å². The average molecular weight is 393 g/mol. The van der Waals surface area contributed by atoms with E-state index in [1.807, 2.05) is 44.2 Å². The lowest BCUT2D eigenvalue weighted by Gasteiger charge is -2.05. The van der Waals surface area contributed by atoms with Crippen molar-refractivity contribution in [3.8, 4) is 0 Å². The molecule has 0 saturated carbocycles. The summed E-state index contributed by atoms with van der Waals surface area (Å²) in [6.07, 6.45) is 14.9. The molecule has 0 atom stereocenters. The highest BCUT2D eigenvalue weighted by Gasteiger charge is 2.03. The Hall–Kier alpha value is -1.35. The number of hydrogen-bond acceptors (Lipinski definition) is 3. The van der Waals surface area contributed by atoms with Crippen LogP contribution >= 0.6 is 0 Å². The van der Waals surface area contributed by atoms with Crippen LogP contribution in [0.1, 0.15) is 103 Å². The smallest absolute Gasteiger partial charge is 0.306 e. The topological polar surface area (TPSA) is 35.5 Å². The minimum absolute atomic E-state index is 0.0650. The maximum absolute atomic E-state index is 11.7. The minimum atomic E-state index is -0.0650. The van der Waals surface area contributed by atoms with Gasteiger partial charge in [-0.15, -0.1) is 0 Å². The van der Waals surface area contributed by atoms with Crippen molar-refractivity contribution in [1.29, 1.82) is 0 Å². The fourth-order valence-electron chi connectivity index (χ4n) is 2.95. The Morgan fingerprint density at radius 3 is 1.68 bits per heavy atom. The molecule has 0 bridgehead atoms. The van der Waals surface area contributed by atoms with Gasteiger partial charge in [-0.1, -0.05) is 101 Å². The van der Waals surface area contributed by atoms with Gasteiger partial charge in [-0.3, -0.25) is 4.79 Å². The number of hydrogen-bond donors (Lipinski definition) is 0. The van der Waals surface area contributed by atoms with Crippen LogP contribution in [0, 0.1) is 0 Å². The summed E-state index contributed by atoms with van der Waals surface area (Å²) >= 11 is 0. The number of benzene rings is 1. The molecule has 0 saturated heterocycles. The zero-order chi connectivity index (χ0) is 20.7. The molecule has 1 aromatic carbocycles. The Balaban J connectivity index is 0.00000129. The summed E-state index contributed by atoms with van der Waals surface area (Å²) in [5.41, 5.74) is 1.06. The maximum Gasteiger partial charge on any atom is 0.306 e. The number of rotatable bonds is 16. The zero-order valence-electron chi connectivity index (χ0n) is 18.7. The highest BCUT2D eigenvalue weighted by molar-refractivity contribution is 5.69. The second-order valence-corrected chi connectivity index (χ2v) is 7.21. The molecule has 3 heteroatoms. The van der Waals surface area contributed by atoms with E-state index >= 15 is 0 Å². The lowest BCUT2D eigenvalue weighted by atomic mass is 10.1. The fourth-order valence-corrected chi connectivity index (χ4v) is 2.95. The fraction of sp³-hybridized carbons (Fsp3) is 0.720. The molecular formula is C25H44O3. The molecule has 0 aliphatic rings. The first-order valence-electron chi connectivity index (χ1n) is 11.5. The van der Waals surface area contributed by atoms with Gasteiger partial charge in [0.2, 0.25) is 0 Å². The molecule has 0 aromatic heterocycles. The number of ether oxygens (including phenoxy) is 2. The van der Waals surface area contributed by atoms with Gasteiger partial charge in [-0.2, -0.15) is 0 Å². The number of esters is 1. The normalized spacial score (nSPS) is 10.2. The Morgan fingerprint density at radius 1 is 0.714 bits per heavy atom. The van der Waals surface area contributed by atoms with Gasteiger partial charge in [0.05, 0.1) is 0 Å². The SMILES string of the molecule is CCCCCCCCCCCCCC(=O)OCc1ccccc1.CCOCC. The third kappa shape index (κ3) is 19.4. The first-order chi connectivity index (χ1) is 13.7. The molecule has 0 N–H and O–H groups in total. The first-order valence-corrected chi connectivity index (χ1v) is 11.5. The number of carbonyl (C=O) groups is 1. The van der Waals surface area contributed by atoms with Crippen LogP contribution in [0.4, 0.5) is 0 Å². The van der Waals surface area contributed by atoms with Gasteiger partial charge < -0.3 is 9.47 Å². The van der Waals surface area contributed by atoms with Crippen LogP contribution in [-0.4, -0.2) is 19.2 Å². The molecular weight excluding hydrogens is 348 g/mol. The van der Waals surface area contributed by atoms with Gasteiger partial charge in [0.25, 0.3) is 0 Å². The van der Waals surface area contributed by atoms with Crippen LogP contribution < -0.4 is 0 Å². The molecule has 0 amide bonds. The van der Waals surface area contributed by atoms with E-state index in [1.54, 1.807) is 0 Å². The summed E-state index contributed by atoms with van der Waals surface area (Å²) in [6.45, 7) is 8.33. The second-order valence-electron chi connectivity index (χ2n) is 7.21. The molecule has 0 aliphatic heterocycles. The van der Waals surface area contributed by atoms with Crippen LogP contribution in [-0.2, 0) is 20.9 Å². The summed E-state index contributed by atoms with van der Waals surface area (Å²) in [5.74, 6) is -0.0650. The van der Waals surface area contributed by atoms with E-state index in [1.165, 1.54) is 57.8 Å². The van der Waals surface area contributed by atoms with Gasteiger partial charge in [-0.25, -0.2) is 0 Å². The summed E-state index contributed by atoms with van der Waals surface area (Å²) < 4.78 is 10.1. The van der Waals surface area contributed by atoms with Crippen molar-refractivity contribution in [1.82, 2.24) is 0 Å². The van der Waals surface area contributed by atoms with Crippen molar-refractivity contribution in [3.05, 3.63) is 35.9 Å². The highest BCUT2D eigenvalue weighted by atomic mass is 16.5. The van der Waals surface area contributed by atoms with Crippen LogP contribution in [0.5, 0.6) is 0 Å². The molecule has 1 rings (SSSR count). The van der Waals surface area contributed by atoms with Crippen LogP contribution in [0.3, 0.4) is 0 Å². The van der Waals surface area contributed by atoms with Crippen LogP contribution in [0.2, 0.25) is 0 Å². The van der Waals surface area contributed by atoms with Crippen molar-refractivity contribution >= 4 is 5.97 Å². The molecule has 0 unspecified atom stereocenters. The maximum atomic E-state index is 11.7. The Morgan fingerprint density at radius 2 is 1.21 bits per heavy atom. The van der Waals surface area contributed by atoms with E-state index in [4.69, 9.17) is 9.47 Å². The van der Waals surface area contributed by atoms with E-state index in [9.17, 15) is 4.79 Å². The van der Waals surface area contributed by atoms with E-state index in [0.29, 0.717) is 13.0 Å². The van der Waals surface area contributed by atoms with Crippen molar-refractivity contribution < 1.29 is 14.3 Å². The lowest BCUT2D eigenvalue weighted by Crippen LogP contribution is -2.04. The van der Waals surface area contributed by atoms with Gasteiger partial charge in [0, 0.05) is 19.6 Å². The molecule has 0 spiro atoms. The molecule has 0 radical (unpaired) electrons. The second kappa shape index (κ2) is 21.9. The summed E-state index contributed by atoms with van der Waals surface area (Å²) in [5, 5.41) is 0. The van der Waals surface area contributed by atoms with E-state index in [2.05, 4.69) is 6.92 Å². The minimum Gasteiger partial charge on any atom is -0.461 e. The summed E-state index contributed by atoms with van der Waals surface area (Å²) in [7, 11) is 0. The van der Waals surface area contributed by atoms with Crippen LogP contribution in [0.25, 0.3) is 0 Å². The highest BCUT2D eigenvalue weighted by Crippen LogP contribution is 2.12. The van der Waals surface area contributed by atoms with Crippen LogP contribution in [0.15, 0.2) is 30.3 Å². The molecule has 0 fully saturated rings. The predicted octanol–water partition coefficient (Wildman–Crippen LogP) is 7.47. The summed E-state index contributed by atoms with van der Waals surface area (Å²) in [6, 6.07) is 9.86. The Kier molecular flexibility index (Phi) is 20.9. The molecule has 1 aromatic rings. The molecule has 28 heavy (non-hydrogen) atoms. The third-order valence-corrected chi connectivity index (χ3v) is 4.64. The lowest BCUT2D eigenvalue weighted by molar-refractivity contribution is -0.145. The van der Waals surface area contributed by atoms with Crippen molar-refractivity contribution in [2.45, 2.75) is 104 Å².